The molecule has 0 radical (unpaired) electrons. The van der Waals surface area contributed by atoms with E-state index in [0.717, 1.165) is 5.56 Å². The van der Waals surface area contributed by atoms with Crippen LogP contribution in [-0.2, 0) is 11.3 Å². The first-order chi connectivity index (χ1) is 11.5. The first-order valence-electron chi connectivity index (χ1n) is 7.05. The minimum atomic E-state index is -1.17. The number of rotatable bonds is 7. The van der Waals surface area contributed by atoms with E-state index < -0.39 is 11.9 Å². The predicted molar refractivity (Wildman–Crippen MR) is 83.7 cm³/mol. The zero-order valence-electron chi connectivity index (χ0n) is 12.9. The Labute approximate surface area is 137 Å². The largest absolute Gasteiger partial charge is 0.497 e. The van der Waals surface area contributed by atoms with Crippen LogP contribution in [0.5, 0.6) is 11.5 Å². The summed E-state index contributed by atoms with van der Waals surface area (Å²) in [6, 6.07) is 9.94. The monoisotopic (exact) mass is 333 g/mol. The number of halogens is 1. The highest BCUT2D eigenvalue weighted by molar-refractivity contribution is 5.91. The van der Waals surface area contributed by atoms with Crippen LogP contribution < -0.4 is 14.8 Å². The van der Waals surface area contributed by atoms with Crippen LogP contribution in [0, 0.1) is 5.82 Å². The van der Waals surface area contributed by atoms with E-state index in [9.17, 15) is 14.0 Å². The first-order valence-corrected chi connectivity index (χ1v) is 7.05. The molecule has 0 spiro atoms. The summed E-state index contributed by atoms with van der Waals surface area (Å²) in [4.78, 5) is 23.0. The van der Waals surface area contributed by atoms with Gasteiger partial charge >= 0.3 is 5.97 Å². The van der Waals surface area contributed by atoms with Gasteiger partial charge in [-0.15, -0.1) is 0 Å². The Morgan fingerprint density at radius 1 is 1.17 bits per heavy atom. The summed E-state index contributed by atoms with van der Waals surface area (Å²) >= 11 is 0. The van der Waals surface area contributed by atoms with E-state index in [-0.39, 0.29) is 30.3 Å². The molecule has 0 aliphatic heterocycles. The average molecular weight is 333 g/mol. The van der Waals surface area contributed by atoms with Crippen LogP contribution in [0.25, 0.3) is 0 Å². The van der Waals surface area contributed by atoms with Gasteiger partial charge in [-0.3, -0.25) is 4.79 Å². The molecule has 0 saturated carbocycles. The number of carboxylic acids is 1. The summed E-state index contributed by atoms with van der Waals surface area (Å²) in [5, 5.41) is 11.7. The lowest BCUT2D eigenvalue weighted by atomic mass is 10.2. The van der Waals surface area contributed by atoms with Gasteiger partial charge in [-0.25, -0.2) is 9.18 Å². The number of hydrogen-bond donors (Lipinski definition) is 2. The van der Waals surface area contributed by atoms with Crippen molar-refractivity contribution in [2.75, 3.05) is 13.7 Å². The van der Waals surface area contributed by atoms with Crippen molar-refractivity contribution in [1.29, 1.82) is 0 Å². The number of aromatic carboxylic acids is 1. The van der Waals surface area contributed by atoms with Gasteiger partial charge in [0.15, 0.2) is 6.61 Å². The summed E-state index contributed by atoms with van der Waals surface area (Å²) < 4.78 is 23.1. The first kappa shape index (κ1) is 17.3. The van der Waals surface area contributed by atoms with E-state index in [4.69, 9.17) is 14.6 Å². The van der Waals surface area contributed by atoms with Gasteiger partial charge in [0.05, 0.1) is 7.11 Å². The minimum Gasteiger partial charge on any atom is -0.497 e. The quantitative estimate of drug-likeness (QED) is 0.812. The van der Waals surface area contributed by atoms with Crippen molar-refractivity contribution in [1.82, 2.24) is 5.32 Å². The lowest BCUT2D eigenvalue weighted by Crippen LogP contribution is -2.28. The molecular weight excluding hydrogens is 317 g/mol. The van der Waals surface area contributed by atoms with E-state index in [2.05, 4.69) is 5.32 Å². The number of amides is 1. The lowest BCUT2D eigenvalue weighted by Gasteiger charge is -2.11. The van der Waals surface area contributed by atoms with Crippen LogP contribution in [0.4, 0.5) is 4.39 Å². The zero-order valence-corrected chi connectivity index (χ0v) is 12.9. The average Bonchev–Trinajstić information content (AvgIpc) is 2.59. The van der Waals surface area contributed by atoms with E-state index in [0.29, 0.717) is 5.75 Å². The van der Waals surface area contributed by atoms with Crippen molar-refractivity contribution < 1.29 is 28.6 Å². The maximum Gasteiger partial charge on any atom is 0.339 e. The second kappa shape index (κ2) is 7.96. The predicted octanol–water partition coefficient (Wildman–Crippen LogP) is 2.23. The van der Waals surface area contributed by atoms with E-state index >= 15 is 0 Å². The molecule has 0 aliphatic carbocycles. The topological polar surface area (TPSA) is 84.9 Å². The maximum atomic E-state index is 12.8. The molecule has 0 aliphatic rings. The molecule has 0 fully saturated rings. The van der Waals surface area contributed by atoms with Crippen molar-refractivity contribution in [3.8, 4) is 11.5 Å². The SMILES string of the molecule is COc1ccc(C(=O)O)c(OCC(=O)NCc2ccc(F)cc2)c1. The lowest BCUT2D eigenvalue weighted by molar-refractivity contribution is -0.123. The van der Waals surface area contributed by atoms with Crippen molar-refractivity contribution >= 4 is 11.9 Å². The second-order valence-corrected chi connectivity index (χ2v) is 4.86. The van der Waals surface area contributed by atoms with Gasteiger partial charge in [0.25, 0.3) is 5.91 Å². The Bertz CT molecular complexity index is 730. The highest BCUT2D eigenvalue weighted by Crippen LogP contribution is 2.24. The van der Waals surface area contributed by atoms with Gasteiger partial charge < -0.3 is 19.9 Å². The van der Waals surface area contributed by atoms with Gasteiger partial charge in [0.2, 0.25) is 0 Å². The molecule has 0 unspecified atom stereocenters. The number of carbonyl (C=O) groups excluding carboxylic acids is 1. The van der Waals surface area contributed by atoms with Crippen molar-refractivity contribution in [2.24, 2.45) is 0 Å². The number of carbonyl (C=O) groups is 2. The summed E-state index contributed by atoms with van der Waals surface area (Å²) in [5.74, 6) is -1.49. The standard InChI is InChI=1S/C17H16FNO5/c1-23-13-6-7-14(17(21)22)15(8-13)24-10-16(20)19-9-11-2-4-12(18)5-3-11/h2-8H,9-10H2,1H3,(H,19,20)(H,21,22). The Morgan fingerprint density at radius 2 is 1.88 bits per heavy atom. The van der Waals surface area contributed by atoms with Crippen LogP contribution in [0.1, 0.15) is 15.9 Å². The molecule has 0 atom stereocenters. The molecule has 0 bridgehead atoms. The number of hydrogen-bond acceptors (Lipinski definition) is 4. The molecule has 126 valence electrons. The third-order valence-corrected chi connectivity index (χ3v) is 3.18. The summed E-state index contributed by atoms with van der Waals surface area (Å²) in [7, 11) is 1.44. The van der Waals surface area contributed by atoms with Crippen LogP contribution in [0.2, 0.25) is 0 Å². The molecule has 0 aromatic heterocycles. The molecule has 2 N–H and O–H groups in total. The molecule has 7 heteroatoms. The fourth-order valence-electron chi connectivity index (χ4n) is 1.92. The summed E-state index contributed by atoms with van der Waals surface area (Å²) in [6.45, 7) is -0.138. The third-order valence-electron chi connectivity index (χ3n) is 3.18. The molecule has 2 rings (SSSR count). The highest BCUT2D eigenvalue weighted by Gasteiger charge is 2.14. The van der Waals surface area contributed by atoms with Crippen LogP contribution in [-0.4, -0.2) is 30.7 Å². The molecule has 1 amide bonds. The smallest absolute Gasteiger partial charge is 0.339 e. The molecule has 0 saturated heterocycles. The van der Waals surface area contributed by atoms with E-state index in [1.807, 2.05) is 0 Å². The van der Waals surface area contributed by atoms with Gasteiger partial charge in [0, 0.05) is 12.6 Å². The fourth-order valence-corrected chi connectivity index (χ4v) is 1.92. The Balaban J connectivity index is 1.93. The van der Waals surface area contributed by atoms with Crippen LogP contribution >= 0.6 is 0 Å². The van der Waals surface area contributed by atoms with Gasteiger partial charge in [-0.05, 0) is 29.8 Å². The summed E-state index contributed by atoms with van der Waals surface area (Å²) in [6.07, 6.45) is 0. The van der Waals surface area contributed by atoms with Crippen molar-refractivity contribution in [2.45, 2.75) is 6.54 Å². The van der Waals surface area contributed by atoms with Crippen LogP contribution in [0.3, 0.4) is 0 Å². The second-order valence-electron chi connectivity index (χ2n) is 4.86. The molecule has 2 aromatic carbocycles. The van der Waals surface area contributed by atoms with Gasteiger partial charge in [-0.1, -0.05) is 12.1 Å². The van der Waals surface area contributed by atoms with Gasteiger partial charge in [0.1, 0.15) is 22.9 Å². The third kappa shape index (κ3) is 4.70. The van der Waals surface area contributed by atoms with Crippen LogP contribution in [0.15, 0.2) is 42.5 Å². The molecule has 0 heterocycles. The number of carboxylic acid groups (broad SMARTS) is 1. The van der Waals surface area contributed by atoms with Crippen molar-refractivity contribution in [3.63, 3.8) is 0 Å². The van der Waals surface area contributed by atoms with Crippen molar-refractivity contribution in [3.05, 3.63) is 59.4 Å². The van der Waals surface area contributed by atoms with E-state index in [1.165, 1.54) is 37.4 Å². The Morgan fingerprint density at radius 3 is 2.50 bits per heavy atom. The fraction of sp³-hybridized carbons (Fsp3) is 0.176. The number of ether oxygens (including phenoxy) is 2. The van der Waals surface area contributed by atoms with E-state index in [1.54, 1.807) is 12.1 Å². The molecule has 24 heavy (non-hydrogen) atoms. The number of methoxy groups -OCH3 is 1. The Hall–Kier alpha value is -3.09. The molecule has 6 nitrogen and oxygen atoms in total. The van der Waals surface area contributed by atoms with Gasteiger partial charge in [-0.2, -0.15) is 0 Å². The molecular formula is C17H16FNO5. The zero-order chi connectivity index (χ0) is 17.5. The maximum absolute atomic E-state index is 12.8. The number of nitrogens with one attached hydrogen (secondary N) is 1. The minimum absolute atomic E-state index is 0.0405. The normalized spacial score (nSPS) is 10.1. The highest BCUT2D eigenvalue weighted by atomic mass is 19.1. The molecule has 2 aromatic rings. The number of benzene rings is 2. The Kier molecular flexibility index (Phi) is 5.73. The summed E-state index contributed by atoms with van der Waals surface area (Å²) in [5.41, 5.74) is 0.666.